The molecule has 0 fully saturated rings. The van der Waals surface area contributed by atoms with Crippen LogP contribution < -0.4 is 0 Å². The Kier molecular flexibility index (Phi) is 5.37. The van der Waals surface area contributed by atoms with E-state index < -0.39 is 0 Å². The van der Waals surface area contributed by atoms with E-state index in [1.165, 1.54) is 0 Å². The predicted molar refractivity (Wildman–Crippen MR) is 86.2 cm³/mol. The lowest BCUT2D eigenvalue weighted by Gasteiger charge is -2.18. The van der Waals surface area contributed by atoms with Gasteiger partial charge in [0.25, 0.3) is 0 Å². The first-order chi connectivity index (χ1) is 10.3. The van der Waals surface area contributed by atoms with E-state index >= 15 is 0 Å². The molecule has 2 aromatic rings. The van der Waals surface area contributed by atoms with Crippen LogP contribution in [-0.4, -0.2) is 17.4 Å². The smallest absolute Gasteiger partial charge is 0.247 e. The Bertz CT molecular complexity index is 638. The van der Waals surface area contributed by atoms with Crippen LogP contribution in [0, 0.1) is 12.3 Å². The largest absolute Gasteiger partial charge is 0.324 e. The van der Waals surface area contributed by atoms with Gasteiger partial charge >= 0.3 is 0 Å². The highest BCUT2D eigenvalue weighted by molar-refractivity contribution is 5.91. The summed E-state index contributed by atoms with van der Waals surface area (Å²) >= 11 is 0. The van der Waals surface area contributed by atoms with Crippen LogP contribution >= 0.6 is 0 Å². The second kappa shape index (κ2) is 7.72. The molecule has 104 valence electrons. The summed E-state index contributed by atoms with van der Waals surface area (Å²) in [6.45, 7) is 0.815. The average molecular weight is 275 g/mol. The zero-order valence-electron chi connectivity index (χ0n) is 11.8. The molecule has 2 heteroatoms. The molecular formula is C19H17NO. The quantitative estimate of drug-likeness (QED) is 0.605. The van der Waals surface area contributed by atoms with Gasteiger partial charge in [-0.3, -0.25) is 4.79 Å². The highest BCUT2D eigenvalue weighted by Gasteiger charge is 2.09. The Balaban J connectivity index is 2.06. The summed E-state index contributed by atoms with van der Waals surface area (Å²) in [5, 5.41) is 0. The lowest BCUT2D eigenvalue weighted by Crippen LogP contribution is -2.29. The number of hydrogen-bond donors (Lipinski definition) is 0. The van der Waals surface area contributed by atoms with Gasteiger partial charge in [-0.15, -0.1) is 6.42 Å². The number of carbonyl (C=O) groups is 1. The highest BCUT2D eigenvalue weighted by atomic mass is 16.2. The third kappa shape index (κ3) is 4.67. The first-order valence-electron chi connectivity index (χ1n) is 6.79. The summed E-state index contributed by atoms with van der Waals surface area (Å²) in [5.41, 5.74) is 2.06. The first kappa shape index (κ1) is 14.6. The zero-order chi connectivity index (χ0) is 14.9. The van der Waals surface area contributed by atoms with E-state index in [0.717, 1.165) is 11.1 Å². The molecule has 0 bridgehead atoms. The van der Waals surface area contributed by atoms with E-state index in [4.69, 9.17) is 6.42 Å². The first-order valence-corrected chi connectivity index (χ1v) is 6.79. The Morgan fingerprint density at radius 1 is 1.05 bits per heavy atom. The SMILES string of the molecule is C#CCN(Cc1ccccc1)C(=O)/C=C/c1ccccc1. The summed E-state index contributed by atoms with van der Waals surface area (Å²) in [7, 11) is 0. The summed E-state index contributed by atoms with van der Waals surface area (Å²) in [4.78, 5) is 13.9. The molecule has 0 unspecified atom stereocenters. The minimum Gasteiger partial charge on any atom is -0.324 e. The monoisotopic (exact) mass is 275 g/mol. The molecule has 0 aliphatic heterocycles. The summed E-state index contributed by atoms with van der Waals surface area (Å²) < 4.78 is 0. The van der Waals surface area contributed by atoms with Crippen LogP contribution in [0.5, 0.6) is 0 Å². The van der Waals surface area contributed by atoms with E-state index in [1.54, 1.807) is 17.1 Å². The fourth-order valence-corrected chi connectivity index (χ4v) is 1.96. The van der Waals surface area contributed by atoms with Gasteiger partial charge in [0.1, 0.15) is 0 Å². The lowest BCUT2D eigenvalue weighted by molar-refractivity contribution is -0.125. The molecule has 0 heterocycles. The number of terminal acetylenes is 1. The molecule has 1 amide bonds. The molecule has 0 saturated heterocycles. The second-order valence-electron chi connectivity index (χ2n) is 4.63. The molecule has 0 aliphatic rings. The van der Waals surface area contributed by atoms with Crippen molar-refractivity contribution >= 4 is 12.0 Å². The number of amides is 1. The molecule has 0 spiro atoms. The lowest BCUT2D eigenvalue weighted by atomic mass is 10.2. The summed E-state index contributed by atoms with van der Waals surface area (Å²) in [6.07, 6.45) is 8.73. The van der Waals surface area contributed by atoms with Gasteiger partial charge in [0.2, 0.25) is 5.91 Å². The maximum atomic E-state index is 12.3. The number of rotatable bonds is 5. The molecule has 21 heavy (non-hydrogen) atoms. The summed E-state index contributed by atoms with van der Waals surface area (Å²) in [5.74, 6) is 2.46. The molecule has 0 aliphatic carbocycles. The maximum Gasteiger partial charge on any atom is 0.247 e. The van der Waals surface area contributed by atoms with Crippen molar-refractivity contribution in [3.63, 3.8) is 0 Å². The average Bonchev–Trinajstić information content (AvgIpc) is 2.54. The van der Waals surface area contributed by atoms with Crippen LogP contribution in [-0.2, 0) is 11.3 Å². The molecule has 0 radical (unpaired) electrons. The van der Waals surface area contributed by atoms with E-state index in [1.807, 2.05) is 60.7 Å². The van der Waals surface area contributed by atoms with Crippen LogP contribution in [0.15, 0.2) is 66.7 Å². The molecular weight excluding hydrogens is 258 g/mol. The van der Waals surface area contributed by atoms with Crippen molar-refractivity contribution in [1.29, 1.82) is 0 Å². The van der Waals surface area contributed by atoms with E-state index in [0.29, 0.717) is 13.1 Å². The summed E-state index contributed by atoms with van der Waals surface area (Å²) in [6, 6.07) is 19.5. The van der Waals surface area contributed by atoms with Crippen LogP contribution in [0.3, 0.4) is 0 Å². The number of nitrogens with zero attached hydrogens (tertiary/aromatic N) is 1. The molecule has 0 N–H and O–H groups in total. The van der Waals surface area contributed by atoms with Gasteiger partial charge in [-0.05, 0) is 17.2 Å². The molecule has 0 atom stereocenters. The fourth-order valence-electron chi connectivity index (χ4n) is 1.96. The van der Waals surface area contributed by atoms with E-state index in [9.17, 15) is 4.79 Å². The van der Waals surface area contributed by atoms with Gasteiger partial charge in [-0.1, -0.05) is 66.6 Å². The van der Waals surface area contributed by atoms with Crippen LogP contribution in [0.2, 0.25) is 0 Å². The Morgan fingerprint density at radius 3 is 2.29 bits per heavy atom. The standard InChI is InChI=1S/C19H17NO/c1-2-15-20(16-18-11-7-4-8-12-18)19(21)14-13-17-9-5-3-6-10-17/h1,3-14H,15-16H2/b14-13+. The van der Waals surface area contributed by atoms with Crippen LogP contribution in [0.1, 0.15) is 11.1 Å². The number of hydrogen-bond acceptors (Lipinski definition) is 1. The molecule has 2 rings (SSSR count). The molecule has 2 aromatic carbocycles. The van der Waals surface area contributed by atoms with Gasteiger partial charge < -0.3 is 4.90 Å². The Hall–Kier alpha value is -2.79. The number of carbonyl (C=O) groups excluding carboxylic acids is 1. The van der Waals surface area contributed by atoms with Crippen LogP contribution in [0.25, 0.3) is 6.08 Å². The van der Waals surface area contributed by atoms with Crippen LogP contribution in [0.4, 0.5) is 0 Å². The maximum absolute atomic E-state index is 12.3. The fraction of sp³-hybridized carbons (Fsp3) is 0.105. The molecule has 2 nitrogen and oxygen atoms in total. The highest BCUT2D eigenvalue weighted by Crippen LogP contribution is 2.07. The van der Waals surface area contributed by atoms with Gasteiger partial charge in [0, 0.05) is 12.6 Å². The minimum atomic E-state index is -0.0827. The third-order valence-electron chi connectivity index (χ3n) is 3.03. The van der Waals surface area contributed by atoms with Crippen molar-refractivity contribution in [2.45, 2.75) is 6.54 Å². The predicted octanol–water partition coefficient (Wildman–Crippen LogP) is 3.36. The Morgan fingerprint density at radius 2 is 1.67 bits per heavy atom. The van der Waals surface area contributed by atoms with Gasteiger partial charge in [0.05, 0.1) is 6.54 Å². The van der Waals surface area contributed by atoms with Gasteiger partial charge in [-0.2, -0.15) is 0 Å². The van der Waals surface area contributed by atoms with E-state index in [-0.39, 0.29) is 5.91 Å². The van der Waals surface area contributed by atoms with Crippen molar-refractivity contribution in [3.8, 4) is 12.3 Å². The Labute approximate surface area is 125 Å². The normalized spacial score (nSPS) is 10.2. The van der Waals surface area contributed by atoms with Crippen molar-refractivity contribution in [2.24, 2.45) is 0 Å². The molecule has 0 aromatic heterocycles. The second-order valence-corrected chi connectivity index (χ2v) is 4.63. The third-order valence-corrected chi connectivity index (χ3v) is 3.03. The van der Waals surface area contributed by atoms with Gasteiger partial charge in [-0.25, -0.2) is 0 Å². The number of benzene rings is 2. The topological polar surface area (TPSA) is 20.3 Å². The van der Waals surface area contributed by atoms with Crippen molar-refractivity contribution in [1.82, 2.24) is 4.90 Å². The van der Waals surface area contributed by atoms with Crippen molar-refractivity contribution in [3.05, 3.63) is 77.9 Å². The minimum absolute atomic E-state index is 0.0827. The zero-order valence-corrected chi connectivity index (χ0v) is 11.8. The van der Waals surface area contributed by atoms with Gasteiger partial charge in [0.15, 0.2) is 0 Å². The van der Waals surface area contributed by atoms with Crippen molar-refractivity contribution < 1.29 is 4.79 Å². The van der Waals surface area contributed by atoms with Crippen molar-refractivity contribution in [2.75, 3.05) is 6.54 Å². The van der Waals surface area contributed by atoms with E-state index in [2.05, 4.69) is 5.92 Å². The molecule has 0 saturated carbocycles.